The van der Waals surface area contributed by atoms with Crippen LogP contribution in [0.15, 0.2) is 54.7 Å². The first-order valence-corrected chi connectivity index (χ1v) is 12.9. The third-order valence-electron chi connectivity index (χ3n) is 7.28. The lowest BCUT2D eigenvalue weighted by Gasteiger charge is -2.43. The van der Waals surface area contributed by atoms with Gasteiger partial charge >= 0.3 is 0 Å². The number of hydrogen-bond acceptors (Lipinski definition) is 9. The van der Waals surface area contributed by atoms with Crippen molar-refractivity contribution in [1.82, 2.24) is 20.2 Å². The van der Waals surface area contributed by atoms with Crippen LogP contribution in [0, 0.1) is 11.3 Å². The van der Waals surface area contributed by atoms with Gasteiger partial charge in [0.25, 0.3) is 0 Å². The number of rotatable bonds is 7. The Morgan fingerprint density at radius 1 is 1.05 bits per heavy atom. The first-order chi connectivity index (χ1) is 18.2. The van der Waals surface area contributed by atoms with Crippen LogP contribution in [0.5, 0.6) is 5.75 Å². The molecule has 0 amide bonds. The molecular weight excluding hydrogens is 466 g/mol. The second-order valence-corrected chi connectivity index (χ2v) is 9.71. The van der Waals surface area contributed by atoms with Crippen LogP contribution in [-0.2, 0) is 4.74 Å². The second-order valence-electron chi connectivity index (χ2n) is 9.71. The molecule has 1 aromatic heterocycles. The summed E-state index contributed by atoms with van der Waals surface area (Å²) in [5.74, 6) is 1.86. The Hall–Kier alpha value is -3.71. The number of benzene rings is 2. The standard InChI is InChI=1S/C28H31N7O2/c29-16-21-15-20(1-6-26(21)37-25-7-9-30-17-25)28-31-10-8-27(33-28)32-22-2-4-23(5-3-22)34-11-13-35(14-12-34)24-18-36-19-24/h1-6,8,10,15,24-25,30H,7,9,11-14,17-19H2,(H,31,32,33)/t25-/m1/s1. The van der Waals surface area contributed by atoms with Gasteiger partial charge < -0.3 is 25.0 Å². The molecule has 9 heteroatoms. The fraction of sp³-hybridized carbons (Fsp3) is 0.393. The van der Waals surface area contributed by atoms with E-state index in [1.54, 1.807) is 12.3 Å². The van der Waals surface area contributed by atoms with Gasteiger partial charge in [-0.05, 0) is 61.5 Å². The van der Waals surface area contributed by atoms with Gasteiger partial charge in [0.2, 0.25) is 0 Å². The van der Waals surface area contributed by atoms with Crippen molar-refractivity contribution in [3.8, 4) is 23.2 Å². The van der Waals surface area contributed by atoms with Crippen LogP contribution < -0.4 is 20.3 Å². The van der Waals surface area contributed by atoms with Gasteiger partial charge in [-0.15, -0.1) is 0 Å². The number of ether oxygens (including phenoxy) is 2. The maximum absolute atomic E-state index is 9.67. The lowest BCUT2D eigenvalue weighted by Crippen LogP contribution is -2.56. The van der Waals surface area contributed by atoms with Crippen molar-refractivity contribution >= 4 is 17.2 Å². The number of hydrogen-bond donors (Lipinski definition) is 2. The Balaban J connectivity index is 1.10. The summed E-state index contributed by atoms with van der Waals surface area (Å²) >= 11 is 0. The summed E-state index contributed by atoms with van der Waals surface area (Å²) in [5.41, 5.74) is 3.47. The smallest absolute Gasteiger partial charge is 0.161 e. The van der Waals surface area contributed by atoms with Crippen molar-refractivity contribution in [2.45, 2.75) is 18.6 Å². The fourth-order valence-electron chi connectivity index (χ4n) is 5.02. The van der Waals surface area contributed by atoms with Crippen molar-refractivity contribution in [2.75, 3.05) is 62.7 Å². The zero-order valence-corrected chi connectivity index (χ0v) is 20.8. The Morgan fingerprint density at radius 3 is 2.59 bits per heavy atom. The lowest BCUT2D eigenvalue weighted by atomic mass is 10.1. The molecule has 0 aliphatic carbocycles. The molecule has 6 rings (SSSR count). The maximum Gasteiger partial charge on any atom is 0.161 e. The van der Waals surface area contributed by atoms with E-state index in [1.807, 2.05) is 18.2 Å². The maximum atomic E-state index is 9.67. The van der Waals surface area contributed by atoms with Crippen LogP contribution in [0.3, 0.4) is 0 Å². The molecule has 0 unspecified atom stereocenters. The van der Waals surface area contributed by atoms with Crippen LogP contribution >= 0.6 is 0 Å². The molecule has 0 saturated carbocycles. The number of aromatic nitrogens is 2. The van der Waals surface area contributed by atoms with E-state index in [0.717, 1.165) is 70.2 Å². The zero-order chi connectivity index (χ0) is 25.0. The summed E-state index contributed by atoms with van der Waals surface area (Å²) in [6, 6.07) is 18.7. The Labute approximate surface area is 217 Å². The highest BCUT2D eigenvalue weighted by molar-refractivity contribution is 5.65. The monoisotopic (exact) mass is 497 g/mol. The number of nitriles is 1. The summed E-state index contributed by atoms with van der Waals surface area (Å²) in [6.07, 6.45) is 2.77. The van der Waals surface area contributed by atoms with Gasteiger partial charge in [0, 0.05) is 55.9 Å². The highest BCUT2D eigenvalue weighted by atomic mass is 16.5. The topological polar surface area (TPSA) is 98.6 Å². The molecule has 0 radical (unpaired) electrons. The Morgan fingerprint density at radius 2 is 1.89 bits per heavy atom. The van der Waals surface area contributed by atoms with Crippen LogP contribution in [0.25, 0.3) is 11.4 Å². The van der Waals surface area contributed by atoms with Crippen LogP contribution in [0.2, 0.25) is 0 Å². The number of piperazine rings is 1. The van der Waals surface area contributed by atoms with Crippen molar-refractivity contribution in [3.05, 3.63) is 60.3 Å². The van der Waals surface area contributed by atoms with Gasteiger partial charge in [-0.2, -0.15) is 5.26 Å². The number of nitrogens with zero attached hydrogens (tertiary/aromatic N) is 5. The van der Waals surface area contributed by atoms with Gasteiger partial charge in [-0.1, -0.05) is 0 Å². The van der Waals surface area contributed by atoms with Gasteiger partial charge in [0.15, 0.2) is 5.82 Å². The van der Waals surface area contributed by atoms with Gasteiger partial charge in [-0.25, -0.2) is 9.97 Å². The molecule has 37 heavy (non-hydrogen) atoms. The lowest BCUT2D eigenvalue weighted by molar-refractivity contribution is -0.0660. The number of nitrogens with one attached hydrogen (secondary N) is 2. The molecule has 0 spiro atoms. The predicted molar refractivity (Wildman–Crippen MR) is 142 cm³/mol. The number of anilines is 3. The molecule has 3 aromatic rings. The average molecular weight is 498 g/mol. The molecule has 2 aromatic carbocycles. The highest BCUT2D eigenvalue weighted by Crippen LogP contribution is 2.28. The molecule has 1 atom stereocenters. The van der Waals surface area contributed by atoms with Crippen LogP contribution in [0.4, 0.5) is 17.2 Å². The van der Waals surface area contributed by atoms with E-state index >= 15 is 0 Å². The second kappa shape index (κ2) is 10.7. The molecule has 0 bridgehead atoms. The first-order valence-electron chi connectivity index (χ1n) is 12.9. The minimum atomic E-state index is 0.0974. The zero-order valence-electron chi connectivity index (χ0n) is 20.8. The average Bonchev–Trinajstić information content (AvgIpc) is 3.42. The minimum Gasteiger partial charge on any atom is -0.488 e. The molecule has 9 nitrogen and oxygen atoms in total. The van der Waals surface area contributed by atoms with Crippen LogP contribution in [-0.4, -0.2) is 79.5 Å². The Kier molecular flexibility index (Phi) is 6.86. The van der Waals surface area contributed by atoms with E-state index in [0.29, 0.717) is 29.0 Å². The molecule has 4 heterocycles. The molecule has 3 fully saturated rings. The largest absolute Gasteiger partial charge is 0.488 e. The van der Waals surface area contributed by atoms with Crippen molar-refractivity contribution in [1.29, 1.82) is 5.26 Å². The molecule has 3 aliphatic heterocycles. The predicted octanol–water partition coefficient (Wildman–Crippen LogP) is 3.02. The SMILES string of the molecule is N#Cc1cc(-c2nccc(Nc3ccc(N4CCN(C5COC5)CC4)cc3)n2)ccc1O[C@@H]1CCNC1. The van der Waals surface area contributed by atoms with E-state index < -0.39 is 0 Å². The highest BCUT2D eigenvalue weighted by Gasteiger charge is 2.28. The normalized spacial score (nSPS) is 20.3. The van der Waals surface area contributed by atoms with E-state index in [-0.39, 0.29) is 6.10 Å². The van der Waals surface area contributed by atoms with Gasteiger partial charge in [0.1, 0.15) is 23.7 Å². The fourth-order valence-corrected chi connectivity index (χ4v) is 5.02. The van der Waals surface area contributed by atoms with Gasteiger partial charge in [-0.3, -0.25) is 4.90 Å². The molecule has 190 valence electrons. The summed E-state index contributed by atoms with van der Waals surface area (Å²) in [6.45, 7) is 7.72. The summed E-state index contributed by atoms with van der Waals surface area (Å²) in [4.78, 5) is 14.1. The van der Waals surface area contributed by atoms with E-state index in [9.17, 15) is 5.26 Å². The minimum absolute atomic E-state index is 0.0974. The third kappa shape index (κ3) is 5.37. The quantitative estimate of drug-likeness (QED) is 0.510. The van der Waals surface area contributed by atoms with Gasteiger partial charge in [0.05, 0.1) is 24.8 Å². The van der Waals surface area contributed by atoms with Crippen molar-refractivity contribution in [2.24, 2.45) is 0 Å². The molecular formula is C28H31N7O2. The first kappa shape index (κ1) is 23.7. The molecule has 3 aliphatic rings. The molecule has 2 N–H and O–H groups in total. The van der Waals surface area contributed by atoms with E-state index in [2.05, 4.69) is 60.7 Å². The summed E-state index contributed by atoms with van der Waals surface area (Å²) < 4.78 is 11.4. The van der Waals surface area contributed by atoms with E-state index in [1.165, 1.54) is 5.69 Å². The third-order valence-corrected chi connectivity index (χ3v) is 7.28. The Bertz CT molecular complexity index is 1260. The van der Waals surface area contributed by atoms with E-state index in [4.69, 9.17) is 9.47 Å². The van der Waals surface area contributed by atoms with Crippen molar-refractivity contribution < 1.29 is 9.47 Å². The summed E-state index contributed by atoms with van der Waals surface area (Å²) in [7, 11) is 0. The van der Waals surface area contributed by atoms with Crippen LogP contribution in [0.1, 0.15) is 12.0 Å². The summed E-state index contributed by atoms with van der Waals surface area (Å²) in [5, 5.41) is 16.3. The van der Waals surface area contributed by atoms with Crippen molar-refractivity contribution in [3.63, 3.8) is 0 Å². The molecule has 3 saturated heterocycles.